The monoisotopic (exact) mass is 230 g/mol. The predicted molar refractivity (Wildman–Crippen MR) is 55.8 cm³/mol. The van der Waals surface area contributed by atoms with Gasteiger partial charge in [0.15, 0.2) is 5.30 Å². The minimum absolute atomic E-state index is 0.0324. The van der Waals surface area contributed by atoms with Crippen molar-refractivity contribution < 1.29 is 19.3 Å². The molecule has 5 nitrogen and oxygen atoms in total. The van der Waals surface area contributed by atoms with Crippen LogP contribution in [0, 0.1) is 0 Å². The van der Waals surface area contributed by atoms with Gasteiger partial charge in [-0.05, 0) is 12.1 Å². The van der Waals surface area contributed by atoms with Gasteiger partial charge in [0.25, 0.3) is 5.91 Å². The predicted octanol–water partition coefficient (Wildman–Crippen LogP) is 0.675. The second-order valence-electron chi connectivity index (χ2n) is 2.78. The summed E-state index contributed by atoms with van der Waals surface area (Å²) >= 11 is 0. The third kappa shape index (κ3) is 2.52. The Morgan fingerprint density at radius 2 is 2.33 bits per heavy atom. The van der Waals surface area contributed by atoms with E-state index in [4.69, 9.17) is 1.28 Å². The Morgan fingerprint density at radius 1 is 1.67 bits per heavy atom. The van der Waals surface area contributed by atoms with Crippen LogP contribution in [-0.4, -0.2) is 31.5 Å². The van der Waals surface area contributed by atoms with Crippen LogP contribution < -0.4 is 5.30 Å². The lowest BCUT2D eigenvalue weighted by Crippen LogP contribution is -2.25. The number of carbonyl (C=O) groups excluding carboxylic acids is 1. The van der Waals surface area contributed by atoms with E-state index in [2.05, 4.69) is 4.84 Å². The fraction of sp³-hybridized carbons (Fsp3) is 0.222. The van der Waals surface area contributed by atoms with Gasteiger partial charge in [0, 0.05) is 13.1 Å². The smallest absolute Gasteiger partial charge is 0.394 e. The number of nitrogens with zero attached hydrogens (tertiary/aromatic N) is 1. The molecular formula is C9H11NO4P+. The normalized spacial score (nSPS) is 11.9. The Hall–Kier alpha value is -1.45. The van der Waals surface area contributed by atoms with E-state index >= 15 is 0 Å². The van der Waals surface area contributed by atoms with Gasteiger partial charge in [0.2, 0.25) is 0 Å². The van der Waals surface area contributed by atoms with E-state index in [1.165, 1.54) is 26.3 Å². The third-order valence-electron chi connectivity index (χ3n) is 1.88. The highest BCUT2D eigenvalue weighted by Gasteiger charge is 2.17. The molecule has 0 aliphatic heterocycles. The van der Waals surface area contributed by atoms with Gasteiger partial charge in [-0.25, -0.2) is 5.06 Å². The van der Waals surface area contributed by atoms with Gasteiger partial charge in [0.1, 0.15) is 5.75 Å². The maximum absolute atomic E-state index is 11.6. The first-order valence-electron chi connectivity index (χ1n) is 4.53. The fourth-order valence-corrected chi connectivity index (χ4v) is 1.32. The van der Waals surface area contributed by atoms with E-state index in [-0.39, 0.29) is 16.6 Å². The van der Waals surface area contributed by atoms with Crippen molar-refractivity contribution in [3.63, 3.8) is 0 Å². The van der Waals surface area contributed by atoms with Crippen molar-refractivity contribution in [1.82, 2.24) is 5.06 Å². The Labute approximate surface area is 89.7 Å². The molecule has 80 valence electrons. The lowest BCUT2D eigenvalue weighted by Gasteiger charge is -2.13. The first-order chi connectivity index (χ1) is 7.47. The maximum Gasteiger partial charge on any atom is 0.394 e. The van der Waals surface area contributed by atoms with E-state index in [1.807, 2.05) is 0 Å². The second-order valence-corrected chi connectivity index (χ2v) is 3.48. The van der Waals surface area contributed by atoms with Crippen molar-refractivity contribution in [3.8, 4) is 5.75 Å². The molecule has 1 aromatic rings. The largest absolute Gasteiger partial charge is 0.507 e. The van der Waals surface area contributed by atoms with Gasteiger partial charge in [-0.15, -0.1) is 0 Å². The Bertz CT molecular complexity index is 438. The molecule has 1 N–H and O–H groups in total. The average molecular weight is 230 g/mol. The molecule has 6 heteroatoms. The summed E-state index contributed by atoms with van der Waals surface area (Å²) in [6, 6.07) is 3.81. The average Bonchev–Trinajstić information content (AvgIpc) is 2.26. The topological polar surface area (TPSA) is 66.8 Å². The van der Waals surface area contributed by atoms with Crippen molar-refractivity contribution >= 4 is 19.6 Å². The van der Waals surface area contributed by atoms with Crippen LogP contribution in [0.15, 0.2) is 18.2 Å². The fourth-order valence-electron chi connectivity index (χ4n) is 1.01. The molecule has 1 unspecified atom stereocenters. The van der Waals surface area contributed by atoms with Crippen LogP contribution in [0.25, 0.3) is 0 Å². The van der Waals surface area contributed by atoms with Gasteiger partial charge in [0.05, 0.1) is 12.7 Å². The molecule has 0 saturated heterocycles. The molecule has 0 saturated carbocycles. The van der Waals surface area contributed by atoms with E-state index < -0.39 is 14.3 Å². The van der Waals surface area contributed by atoms with Crippen LogP contribution in [0.1, 0.15) is 10.4 Å². The van der Waals surface area contributed by atoms with Crippen molar-refractivity contribution in [2.45, 2.75) is 0 Å². The molecule has 0 radical (unpaired) electrons. The molecule has 0 fully saturated rings. The molecular weight excluding hydrogens is 217 g/mol. The number of phenolic OH excluding ortho intramolecular Hbond substituents is 1. The van der Waals surface area contributed by atoms with Crippen LogP contribution >= 0.6 is 8.41 Å². The molecule has 15 heavy (non-hydrogen) atoms. The van der Waals surface area contributed by atoms with E-state index in [0.717, 1.165) is 11.1 Å². The van der Waals surface area contributed by atoms with Gasteiger partial charge < -0.3 is 5.11 Å². The molecule has 1 rings (SSSR count). The van der Waals surface area contributed by atoms with Crippen LogP contribution in [-0.2, 0) is 9.40 Å². The third-order valence-corrected chi connectivity index (χ3v) is 2.37. The van der Waals surface area contributed by atoms with Gasteiger partial charge >= 0.3 is 9.68 Å². The Morgan fingerprint density at radius 3 is 2.80 bits per heavy atom. The second kappa shape index (κ2) is 4.87. The number of carbonyl (C=O) groups is 1. The number of phenols is 1. The number of rotatable bonds is 3. The highest BCUT2D eigenvalue weighted by Crippen LogP contribution is 2.18. The molecule has 0 spiro atoms. The van der Waals surface area contributed by atoms with Crippen LogP contribution in [0.4, 0.5) is 0 Å². The number of aromatic hydroxyl groups is 1. The Balaban J connectivity index is 3.08. The molecule has 0 heterocycles. The van der Waals surface area contributed by atoms with E-state index in [1.54, 1.807) is 0 Å². The lowest BCUT2D eigenvalue weighted by molar-refractivity contribution is -0.0758. The first kappa shape index (κ1) is 10.1. The first-order valence-corrected chi connectivity index (χ1v) is 4.90. The summed E-state index contributed by atoms with van der Waals surface area (Å²) in [5.74, 6) is -0.839. The number of benzene rings is 1. The summed E-state index contributed by atoms with van der Waals surface area (Å²) < 4.78 is 17.8. The maximum atomic E-state index is 11.6. The van der Waals surface area contributed by atoms with E-state index in [0.29, 0.717) is 0 Å². The molecule has 0 bridgehead atoms. The zero-order chi connectivity index (χ0) is 12.3. The van der Waals surface area contributed by atoms with Crippen molar-refractivity contribution in [2.75, 3.05) is 14.2 Å². The lowest BCUT2D eigenvalue weighted by atomic mass is 10.2. The molecule has 1 amide bonds. The number of hydrogen-bond acceptors (Lipinski definition) is 4. The van der Waals surface area contributed by atoms with Gasteiger partial charge in [-0.3, -0.25) is 9.63 Å². The molecule has 0 aliphatic carbocycles. The standard InChI is InChI=1S/C9H10NO4P/c1-10(14-2)9(12)7-4-3-6(15-13)5-8(7)11/h3-5,11H,1-2H3/p+1/i/hT. The number of hydroxylamine groups is 2. The van der Waals surface area contributed by atoms with Crippen LogP contribution in [0.3, 0.4) is 0 Å². The summed E-state index contributed by atoms with van der Waals surface area (Å²) in [5.41, 5.74) is 0.0324. The zero-order valence-corrected chi connectivity index (χ0v) is 9.19. The SMILES string of the molecule is [3H][P+](=O)c1ccc(C(=O)N(C)OC)c(O)c1. The minimum Gasteiger partial charge on any atom is -0.507 e. The molecule has 1 aromatic carbocycles. The zero-order valence-electron chi connectivity index (χ0n) is 9.30. The molecule has 0 aromatic heterocycles. The summed E-state index contributed by atoms with van der Waals surface area (Å²) in [7, 11) is 0.448. The van der Waals surface area contributed by atoms with Crippen molar-refractivity contribution in [1.29, 1.82) is 1.28 Å². The van der Waals surface area contributed by atoms with Crippen LogP contribution in [0.2, 0.25) is 0 Å². The number of amides is 1. The number of hydrogen-bond donors (Lipinski definition) is 1. The molecule has 1 atom stereocenters. The van der Waals surface area contributed by atoms with Crippen LogP contribution in [0.5, 0.6) is 5.75 Å². The minimum atomic E-state index is -2.28. The van der Waals surface area contributed by atoms with Crippen molar-refractivity contribution in [3.05, 3.63) is 23.8 Å². The summed E-state index contributed by atoms with van der Waals surface area (Å²) in [6.07, 6.45) is 0. The molecule has 0 aliphatic rings. The van der Waals surface area contributed by atoms with Crippen molar-refractivity contribution in [2.24, 2.45) is 0 Å². The summed E-state index contributed by atoms with van der Waals surface area (Å²) in [5, 5.41) is 10.7. The Kier molecular flexibility index (Phi) is 3.27. The quantitative estimate of drug-likeness (QED) is 0.612. The summed E-state index contributed by atoms with van der Waals surface area (Å²) in [4.78, 5) is 16.3. The van der Waals surface area contributed by atoms with Gasteiger partial charge in [-0.1, -0.05) is 4.57 Å². The summed E-state index contributed by atoms with van der Waals surface area (Å²) in [6.45, 7) is 0. The highest BCUT2D eigenvalue weighted by atomic mass is 31.1. The van der Waals surface area contributed by atoms with Gasteiger partial charge in [-0.2, -0.15) is 0 Å². The van der Waals surface area contributed by atoms with E-state index in [9.17, 15) is 14.5 Å². The highest BCUT2D eigenvalue weighted by molar-refractivity contribution is 7.34.